The maximum absolute atomic E-state index is 12.0. The standard InChI is InChI=1S/C7H7F3N4O3/c8-7(9,10)17-6-3(1-11)5(14(15)16)4(12)2-13-6/h2H,1,11-12H2. The van der Waals surface area contributed by atoms with Crippen LogP contribution in [0.4, 0.5) is 24.5 Å². The Hall–Kier alpha value is -2.10. The molecule has 1 aromatic heterocycles. The van der Waals surface area contributed by atoms with Crippen molar-refractivity contribution < 1.29 is 22.8 Å². The van der Waals surface area contributed by atoms with Gasteiger partial charge in [0.25, 0.3) is 0 Å². The first-order valence-corrected chi connectivity index (χ1v) is 4.13. The van der Waals surface area contributed by atoms with E-state index in [1.807, 2.05) is 0 Å². The monoisotopic (exact) mass is 252 g/mol. The maximum atomic E-state index is 12.0. The number of alkyl halides is 3. The number of halogens is 3. The number of nitrogens with zero attached hydrogens (tertiary/aromatic N) is 2. The normalized spacial score (nSPS) is 11.3. The summed E-state index contributed by atoms with van der Waals surface area (Å²) in [6, 6.07) is 0. The maximum Gasteiger partial charge on any atom is 0.574 e. The predicted octanol–water partition coefficient (Wildman–Crippen LogP) is 0.929. The molecule has 4 N–H and O–H groups in total. The van der Waals surface area contributed by atoms with E-state index in [4.69, 9.17) is 11.5 Å². The molecule has 17 heavy (non-hydrogen) atoms. The Balaban J connectivity index is 3.33. The number of anilines is 1. The van der Waals surface area contributed by atoms with Crippen molar-refractivity contribution in [2.45, 2.75) is 12.9 Å². The van der Waals surface area contributed by atoms with Gasteiger partial charge >= 0.3 is 12.0 Å². The van der Waals surface area contributed by atoms with Crippen LogP contribution in [0.2, 0.25) is 0 Å². The summed E-state index contributed by atoms with van der Waals surface area (Å²) in [5.41, 5.74) is 8.74. The summed E-state index contributed by atoms with van der Waals surface area (Å²) in [6.07, 6.45) is -4.31. The van der Waals surface area contributed by atoms with Crippen LogP contribution in [-0.2, 0) is 6.54 Å². The smallest absolute Gasteiger partial charge is 0.392 e. The number of nitrogen functional groups attached to an aromatic ring is 1. The predicted molar refractivity (Wildman–Crippen MR) is 49.9 cm³/mol. The molecular weight excluding hydrogens is 245 g/mol. The first-order chi connectivity index (χ1) is 7.76. The third-order valence-corrected chi connectivity index (χ3v) is 1.74. The quantitative estimate of drug-likeness (QED) is 0.610. The number of nitrogens with two attached hydrogens (primary N) is 2. The van der Waals surface area contributed by atoms with Crippen LogP contribution in [0, 0.1) is 10.1 Å². The lowest BCUT2D eigenvalue weighted by atomic mass is 10.2. The van der Waals surface area contributed by atoms with E-state index in [9.17, 15) is 23.3 Å². The minimum absolute atomic E-state index is 0.384. The Kier molecular flexibility index (Phi) is 3.36. The van der Waals surface area contributed by atoms with E-state index in [0.717, 1.165) is 0 Å². The van der Waals surface area contributed by atoms with Crippen LogP contribution in [-0.4, -0.2) is 16.3 Å². The van der Waals surface area contributed by atoms with Crippen LogP contribution in [0.1, 0.15) is 5.56 Å². The summed E-state index contributed by atoms with van der Waals surface area (Å²) in [6.45, 7) is -0.556. The van der Waals surface area contributed by atoms with Gasteiger partial charge in [-0.3, -0.25) is 10.1 Å². The molecule has 10 heteroatoms. The van der Waals surface area contributed by atoms with Gasteiger partial charge in [0.1, 0.15) is 11.3 Å². The summed E-state index contributed by atoms with van der Waals surface area (Å²) < 4.78 is 39.5. The van der Waals surface area contributed by atoms with Gasteiger partial charge in [0.2, 0.25) is 5.88 Å². The zero-order chi connectivity index (χ0) is 13.2. The van der Waals surface area contributed by atoms with E-state index in [1.54, 1.807) is 0 Å². The fourth-order valence-corrected chi connectivity index (χ4v) is 1.14. The van der Waals surface area contributed by atoms with Crippen molar-refractivity contribution in [3.63, 3.8) is 0 Å². The van der Waals surface area contributed by atoms with Crippen molar-refractivity contribution >= 4 is 11.4 Å². The molecule has 0 radical (unpaired) electrons. The number of pyridine rings is 1. The lowest BCUT2D eigenvalue weighted by molar-refractivity contribution is -0.384. The number of nitro groups is 1. The van der Waals surface area contributed by atoms with Crippen LogP contribution < -0.4 is 16.2 Å². The SMILES string of the molecule is NCc1c(OC(F)(F)F)ncc(N)c1[N+](=O)[O-]. The second kappa shape index (κ2) is 4.41. The molecule has 0 aromatic carbocycles. The highest BCUT2D eigenvalue weighted by Gasteiger charge is 2.35. The first-order valence-electron chi connectivity index (χ1n) is 4.13. The van der Waals surface area contributed by atoms with Gasteiger partial charge in [-0.25, -0.2) is 4.98 Å². The van der Waals surface area contributed by atoms with E-state index in [2.05, 4.69) is 9.72 Å². The van der Waals surface area contributed by atoms with Crippen LogP contribution >= 0.6 is 0 Å². The summed E-state index contributed by atoms with van der Waals surface area (Å²) in [5, 5.41) is 10.6. The average Bonchev–Trinajstić information content (AvgIpc) is 2.17. The van der Waals surface area contributed by atoms with Crippen molar-refractivity contribution in [3.8, 4) is 5.88 Å². The van der Waals surface area contributed by atoms with Crippen LogP contribution in [0.15, 0.2) is 6.20 Å². The summed E-state index contributed by atoms with van der Waals surface area (Å²) >= 11 is 0. The Morgan fingerprint density at radius 3 is 2.53 bits per heavy atom. The van der Waals surface area contributed by atoms with Crippen LogP contribution in [0.5, 0.6) is 5.88 Å². The molecule has 7 nitrogen and oxygen atoms in total. The van der Waals surface area contributed by atoms with Gasteiger partial charge in [-0.2, -0.15) is 0 Å². The number of rotatable bonds is 3. The van der Waals surface area contributed by atoms with Crippen molar-refractivity contribution in [1.82, 2.24) is 4.98 Å². The van der Waals surface area contributed by atoms with E-state index in [0.29, 0.717) is 6.20 Å². The van der Waals surface area contributed by atoms with Crippen LogP contribution in [0.3, 0.4) is 0 Å². The third kappa shape index (κ3) is 2.93. The third-order valence-electron chi connectivity index (χ3n) is 1.74. The van der Waals surface area contributed by atoms with Gasteiger partial charge in [0, 0.05) is 6.54 Å². The second-order valence-electron chi connectivity index (χ2n) is 2.85. The molecule has 0 amide bonds. The van der Waals surface area contributed by atoms with Gasteiger partial charge in [-0.1, -0.05) is 0 Å². The fourth-order valence-electron chi connectivity index (χ4n) is 1.14. The molecule has 1 aromatic rings. The highest BCUT2D eigenvalue weighted by molar-refractivity contribution is 5.63. The molecule has 0 atom stereocenters. The lowest BCUT2D eigenvalue weighted by Crippen LogP contribution is -2.20. The molecule has 0 aliphatic rings. The molecule has 0 aliphatic carbocycles. The minimum atomic E-state index is -5.01. The van der Waals surface area contributed by atoms with Gasteiger partial charge in [-0.15, -0.1) is 13.2 Å². The molecule has 1 rings (SSSR count). The number of aromatic nitrogens is 1. The number of hydrogen-bond acceptors (Lipinski definition) is 6. The van der Waals surface area contributed by atoms with Crippen molar-refractivity contribution in [2.24, 2.45) is 5.73 Å². The van der Waals surface area contributed by atoms with Gasteiger partial charge in [-0.05, 0) is 0 Å². The van der Waals surface area contributed by atoms with Crippen molar-refractivity contribution in [1.29, 1.82) is 0 Å². The first kappa shape index (κ1) is 13.0. The molecule has 0 bridgehead atoms. The zero-order valence-corrected chi connectivity index (χ0v) is 8.19. The Labute approximate surface area is 92.3 Å². The number of ether oxygens (including phenoxy) is 1. The van der Waals surface area contributed by atoms with Crippen molar-refractivity contribution in [2.75, 3.05) is 5.73 Å². The zero-order valence-electron chi connectivity index (χ0n) is 8.19. The Morgan fingerprint density at radius 2 is 2.12 bits per heavy atom. The molecule has 0 saturated carbocycles. The minimum Gasteiger partial charge on any atom is -0.392 e. The summed E-state index contributed by atoms with van der Waals surface area (Å²) in [5.74, 6) is -0.971. The second-order valence-corrected chi connectivity index (χ2v) is 2.85. The molecule has 0 fully saturated rings. The summed E-state index contributed by atoms with van der Waals surface area (Å²) in [7, 11) is 0. The molecule has 94 valence electrons. The molecule has 0 unspecified atom stereocenters. The van der Waals surface area contributed by atoms with E-state index < -0.39 is 35.0 Å². The van der Waals surface area contributed by atoms with E-state index in [1.165, 1.54) is 0 Å². The highest BCUT2D eigenvalue weighted by atomic mass is 19.4. The topological polar surface area (TPSA) is 117 Å². The summed E-state index contributed by atoms with van der Waals surface area (Å²) in [4.78, 5) is 12.9. The van der Waals surface area contributed by atoms with Gasteiger partial charge in [0.15, 0.2) is 0 Å². The highest BCUT2D eigenvalue weighted by Crippen LogP contribution is 2.33. The largest absolute Gasteiger partial charge is 0.574 e. The molecule has 0 spiro atoms. The molecular formula is C7H7F3N4O3. The Morgan fingerprint density at radius 1 is 1.53 bits per heavy atom. The van der Waals surface area contributed by atoms with E-state index >= 15 is 0 Å². The van der Waals surface area contributed by atoms with Gasteiger partial charge in [0.05, 0.1) is 11.1 Å². The Bertz CT molecular complexity index is 449. The van der Waals surface area contributed by atoms with Crippen LogP contribution in [0.25, 0.3) is 0 Å². The molecule has 0 saturated heterocycles. The lowest BCUT2D eigenvalue weighted by Gasteiger charge is -2.11. The average molecular weight is 252 g/mol. The molecule has 0 aliphatic heterocycles. The fraction of sp³-hybridized carbons (Fsp3) is 0.286. The number of hydrogen-bond donors (Lipinski definition) is 2. The van der Waals surface area contributed by atoms with E-state index in [-0.39, 0.29) is 5.69 Å². The van der Waals surface area contributed by atoms with Gasteiger partial charge < -0.3 is 16.2 Å². The molecule has 1 heterocycles. The van der Waals surface area contributed by atoms with Crippen molar-refractivity contribution in [3.05, 3.63) is 21.9 Å².